The van der Waals surface area contributed by atoms with Crippen LogP contribution in [0.2, 0.25) is 0 Å². The van der Waals surface area contributed by atoms with Crippen LogP contribution in [0, 0.1) is 5.92 Å². The Morgan fingerprint density at radius 1 is 1.21 bits per heavy atom. The van der Waals surface area contributed by atoms with Gasteiger partial charge in [-0.05, 0) is 49.7 Å². The summed E-state index contributed by atoms with van der Waals surface area (Å²) < 4.78 is 0. The Morgan fingerprint density at radius 3 is 2.86 bits per heavy atom. The van der Waals surface area contributed by atoms with Gasteiger partial charge in [-0.25, -0.2) is 0 Å². The smallest absolute Gasteiger partial charge is 0.0439 e. The van der Waals surface area contributed by atoms with E-state index in [-0.39, 0.29) is 0 Å². The highest BCUT2D eigenvalue weighted by Gasteiger charge is 2.26. The molecule has 1 aromatic heterocycles. The van der Waals surface area contributed by atoms with E-state index in [1.54, 1.807) is 0 Å². The predicted octanol–water partition coefficient (Wildman–Crippen LogP) is 3.08. The van der Waals surface area contributed by atoms with Crippen LogP contribution in [-0.4, -0.2) is 4.98 Å². The summed E-state index contributed by atoms with van der Waals surface area (Å²) in [6, 6.07) is 4.58. The van der Waals surface area contributed by atoms with Gasteiger partial charge in [-0.15, -0.1) is 0 Å². The van der Waals surface area contributed by atoms with Crippen LogP contribution in [-0.2, 0) is 12.8 Å². The molecule has 1 atom stereocenters. The molecule has 0 saturated heterocycles. The lowest BCUT2D eigenvalue weighted by Crippen LogP contribution is -2.13. The first-order valence-electron chi connectivity index (χ1n) is 5.81. The van der Waals surface area contributed by atoms with Gasteiger partial charge in [0.05, 0.1) is 0 Å². The lowest BCUT2D eigenvalue weighted by Gasteiger charge is -2.20. The second kappa shape index (κ2) is 3.08. The molecule has 1 fully saturated rings. The first kappa shape index (κ1) is 8.46. The summed E-state index contributed by atoms with van der Waals surface area (Å²) in [5.74, 6) is 1.66. The Morgan fingerprint density at radius 2 is 2.07 bits per heavy atom. The Bertz CT molecular complexity index is 352. The van der Waals surface area contributed by atoms with Crippen molar-refractivity contribution in [3.63, 3.8) is 0 Å². The summed E-state index contributed by atoms with van der Waals surface area (Å²) in [7, 11) is 0. The molecule has 1 saturated carbocycles. The Hall–Kier alpha value is -0.850. The number of aryl methyl sites for hydroxylation is 1. The van der Waals surface area contributed by atoms with E-state index in [0.29, 0.717) is 0 Å². The zero-order valence-electron chi connectivity index (χ0n) is 8.79. The van der Waals surface area contributed by atoms with E-state index < -0.39 is 0 Å². The van der Waals surface area contributed by atoms with Crippen molar-refractivity contribution in [1.29, 1.82) is 0 Å². The number of fused-ring (bicyclic) bond motifs is 1. The van der Waals surface area contributed by atoms with Gasteiger partial charge in [0, 0.05) is 17.3 Å². The highest BCUT2D eigenvalue weighted by molar-refractivity contribution is 5.28. The lowest BCUT2D eigenvalue weighted by atomic mass is 9.88. The third-order valence-corrected chi connectivity index (χ3v) is 3.53. The highest BCUT2D eigenvalue weighted by Crippen LogP contribution is 2.39. The third kappa shape index (κ3) is 1.45. The number of hydrogen-bond donors (Lipinski definition) is 0. The monoisotopic (exact) mass is 187 g/mol. The molecule has 1 heteroatoms. The minimum Gasteiger partial charge on any atom is -0.257 e. The molecule has 1 unspecified atom stereocenters. The molecule has 0 N–H and O–H groups in total. The molecule has 0 amide bonds. The van der Waals surface area contributed by atoms with E-state index in [1.807, 2.05) is 0 Å². The van der Waals surface area contributed by atoms with Crippen molar-refractivity contribution < 1.29 is 0 Å². The first-order valence-corrected chi connectivity index (χ1v) is 5.81. The minimum absolute atomic E-state index is 0.805. The Labute approximate surface area is 85.6 Å². The number of pyridine rings is 1. The highest BCUT2D eigenvalue weighted by atomic mass is 14.7. The van der Waals surface area contributed by atoms with Gasteiger partial charge in [-0.3, -0.25) is 4.98 Å². The van der Waals surface area contributed by atoms with Gasteiger partial charge in [-0.2, -0.15) is 0 Å². The summed E-state index contributed by atoms with van der Waals surface area (Å²) >= 11 is 0. The third-order valence-electron chi connectivity index (χ3n) is 3.53. The van der Waals surface area contributed by atoms with E-state index in [1.165, 1.54) is 49.1 Å². The molecule has 74 valence electrons. The van der Waals surface area contributed by atoms with Crippen LogP contribution >= 0.6 is 0 Å². The number of nitrogens with zero attached hydrogens (tertiary/aromatic N) is 1. The maximum absolute atomic E-state index is 4.81. The average Bonchev–Trinajstić information content (AvgIpc) is 3.00. The molecule has 0 aliphatic heterocycles. The van der Waals surface area contributed by atoms with Crippen LogP contribution in [0.25, 0.3) is 0 Å². The Balaban J connectivity index is 1.94. The van der Waals surface area contributed by atoms with Crippen LogP contribution in [0.5, 0.6) is 0 Å². The standard InChI is InChI=1S/C13H17N/c1-9-2-6-13-11(8-9)5-7-12(14-13)10-3-4-10/h5,7,9-10H,2-4,6,8H2,1H3. The average molecular weight is 187 g/mol. The largest absolute Gasteiger partial charge is 0.257 e. The van der Waals surface area contributed by atoms with E-state index in [9.17, 15) is 0 Å². The van der Waals surface area contributed by atoms with Gasteiger partial charge < -0.3 is 0 Å². The van der Waals surface area contributed by atoms with Gasteiger partial charge in [0.25, 0.3) is 0 Å². The van der Waals surface area contributed by atoms with Crippen molar-refractivity contribution in [3.05, 3.63) is 29.1 Å². The van der Waals surface area contributed by atoms with Crippen LogP contribution in [0.1, 0.15) is 49.1 Å². The quantitative estimate of drug-likeness (QED) is 0.658. The summed E-state index contributed by atoms with van der Waals surface area (Å²) in [6.45, 7) is 2.34. The fraction of sp³-hybridized carbons (Fsp3) is 0.615. The second-order valence-corrected chi connectivity index (χ2v) is 4.96. The number of rotatable bonds is 1. The van der Waals surface area contributed by atoms with Crippen molar-refractivity contribution in [2.75, 3.05) is 0 Å². The number of hydrogen-bond acceptors (Lipinski definition) is 1. The topological polar surface area (TPSA) is 12.9 Å². The molecule has 1 heterocycles. The molecule has 0 radical (unpaired) electrons. The van der Waals surface area contributed by atoms with Crippen molar-refractivity contribution in [2.45, 2.75) is 44.9 Å². The van der Waals surface area contributed by atoms with Crippen molar-refractivity contribution in [2.24, 2.45) is 5.92 Å². The van der Waals surface area contributed by atoms with Gasteiger partial charge >= 0.3 is 0 Å². The normalized spacial score (nSPS) is 25.9. The number of aromatic nitrogens is 1. The zero-order chi connectivity index (χ0) is 9.54. The Kier molecular flexibility index (Phi) is 1.86. The van der Waals surface area contributed by atoms with Gasteiger partial charge in [0.2, 0.25) is 0 Å². The van der Waals surface area contributed by atoms with Crippen LogP contribution in [0.4, 0.5) is 0 Å². The molecule has 0 spiro atoms. The van der Waals surface area contributed by atoms with Crippen LogP contribution < -0.4 is 0 Å². The molecule has 14 heavy (non-hydrogen) atoms. The molecule has 3 rings (SSSR count). The van der Waals surface area contributed by atoms with Gasteiger partial charge in [-0.1, -0.05) is 13.0 Å². The second-order valence-electron chi connectivity index (χ2n) is 4.96. The van der Waals surface area contributed by atoms with E-state index >= 15 is 0 Å². The van der Waals surface area contributed by atoms with Gasteiger partial charge in [0.1, 0.15) is 0 Å². The van der Waals surface area contributed by atoms with E-state index in [4.69, 9.17) is 4.98 Å². The predicted molar refractivity (Wildman–Crippen MR) is 57.4 cm³/mol. The van der Waals surface area contributed by atoms with Gasteiger partial charge in [0.15, 0.2) is 0 Å². The van der Waals surface area contributed by atoms with E-state index in [2.05, 4.69) is 19.1 Å². The zero-order valence-corrected chi connectivity index (χ0v) is 8.79. The lowest BCUT2D eigenvalue weighted by molar-refractivity contribution is 0.493. The minimum atomic E-state index is 0.805. The molecular formula is C13H17N. The first-order chi connectivity index (χ1) is 6.83. The van der Waals surface area contributed by atoms with Crippen LogP contribution in [0.3, 0.4) is 0 Å². The van der Waals surface area contributed by atoms with Crippen molar-refractivity contribution in [1.82, 2.24) is 4.98 Å². The maximum atomic E-state index is 4.81. The molecule has 0 aromatic carbocycles. The van der Waals surface area contributed by atoms with Crippen molar-refractivity contribution in [3.8, 4) is 0 Å². The SMILES string of the molecule is CC1CCc2nc(C3CC3)ccc2C1. The summed E-state index contributed by atoms with van der Waals surface area (Å²) in [5, 5.41) is 0. The molecule has 0 bridgehead atoms. The molecular weight excluding hydrogens is 170 g/mol. The fourth-order valence-electron chi connectivity index (χ4n) is 2.42. The molecule has 2 aliphatic carbocycles. The fourth-order valence-corrected chi connectivity index (χ4v) is 2.42. The summed E-state index contributed by atoms with van der Waals surface area (Å²) in [4.78, 5) is 4.81. The maximum Gasteiger partial charge on any atom is 0.0439 e. The van der Waals surface area contributed by atoms with Crippen molar-refractivity contribution >= 4 is 0 Å². The summed E-state index contributed by atoms with van der Waals surface area (Å²) in [5.41, 5.74) is 4.26. The van der Waals surface area contributed by atoms with Crippen LogP contribution in [0.15, 0.2) is 12.1 Å². The molecule has 1 nitrogen and oxygen atoms in total. The van der Waals surface area contributed by atoms with E-state index in [0.717, 1.165) is 11.8 Å². The summed E-state index contributed by atoms with van der Waals surface area (Å²) in [6.07, 6.45) is 6.50. The molecule has 2 aliphatic rings. The molecule has 1 aromatic rings.